The van der Waals surface area contributed by atoms with Crippen LogP contribution < -0.4 is 0 Å². The number of carbonyl (C=O) groups is 1. The molecule has 0 aliphatic carbocycles. The smallest absolute Gasteiger partial charge is 0.223 e. The molecule has 1 amide bonds. The van der Waals surface area contributed by atoms with Crippen molar-refractivity contribution in [2.45, 2.75) is 12.3 Å². The third-order valence-electron chi connectivity index (χ3n) is 2.74. The van der Waals surface area contributed by atoms with Gasteiger partial charge >= 0.3 is 0 Å². The number of nitrogens with zero attached hydrogens (tertiary/aromatic N) is 2. The quantitative estimate of drug-likeness (QED) is 0.629. The average molecular weight is 178 g/mol. The highest BCUT2D eigenvalue weighted by molar-refractivity contribution is 5.79. The Labute approximate surface area is 78.0 Å². The summed E-state index contributed by atoms with van der Waals surface area (Å²) in [4.78, 5) is 13.1. The van der Waals surface area contributed by atoms with Gasteiger partial charge in [0.05, 0.1) is 0 Å². The summed E-state index contributed by atoms with van der Waals surface area (Å²) >= 11 is 0. The summed E-state index contributed by atoms with van der Waals surface area (Å²) in [7, 11) is 3.89. The first-order valence-electron chi connectivity index (χ1n) is 4.53. The summed E-state index contributed by atoms with van der Waals surface area (Å²) in [5.41, 5.74) is 1.26. The van der Waals surface area contributed by atoms with Crippen LogP contribution in [0.15, 0.2) is 18.3 Å². The predicted molar refractivity (Wildman–Crippen MR) is 50.4 cm³/mol. The number of likely N-dealkylation sites (N-methyl/N-ethyl adjacent to an activating group) is 1. The van der Waals surface area contributed by atoms with Gasteiger partial charge in [0.2, 0.25) is 5.91 Å². The SMILES string of the molecule is CN1CC(c2cccn2C)CC1=O. The van der Waals surface area contributed by atoms with Crippen molar-refractivity contribution in [3.8, 4) is 0 Å². The minimum Gasteiger partial charge on any atom is -0.354 e. The summed E-state index contributed by atoms with van der Waals surface area (Å²) in [6.45, 7) is 0.858. The zero-order valence-electron chi connectivity index (χ0n) is 8.03. The Kier molecular flexibility index (Phi) is 1.87. The van der Waals surface area contributed by atoms with Crippen molar-refractivity contribution in [2.24, 2.45) is 7.05 Å². The van der Waals surface area contributed by atoms with Gasteiger partial charge in [-0.25, -0.2) is 0 Å². The van der Waals surface area contributed by atoms with Crippen LogP contribution in [-0.4, -0.2) is 29.0 Å². The van der Waals surface area contributed by atoms with Crippen LogP contribution in [0.2, 0.25) is 0 Å². The highest BCUT2D eigenvalue weighted by Gasteiger charge is 2.28. The maximum absolute atomic E-state index is 11.3. The van der Waals surface area contributed by atoms with Gasteiger partial charge in [0, 0.05) is 44.9 Å². The van der Waals surface area contributed by atoms with Crippen LogP contribution in [0.5, 0.6) is 0 Å². The Balaban J connectivity index is 2.21. The minimum atomic E-state index is 0.256. The van der Waals surface area contributed by atoms with E-state index in [4.69, 9.17) is 0 Å². The maximum Gasteiger partial charge on any atom is 0.223 e. The number of carbonyl (C=O) groups excluding carboxylic acids is 1. The van der Waals surface area contributed by atoms with Gasteiger partial charge in [-0.1, -0.05) is 0 Å². The number of hydrogen-bond donors (Lipinski definition) is 0. The van der Waals surface area contributed by atoms with Crippen molar-refractivity contribution in [1.29, 1.82) is 0 Å². The van der Waals surface area contributed by atoms with Gasteiger partial charge in [0.15, 0.2) is 0 Å². The van der Waals surface area contributed by atoms with Crippen molar-refractivity contribution in [3.05, 3.63) is 24.0 Å². The van der Waals surface area contributed by atoms with Crippen LogP contribution in [0.4, 0.5) is 0 Å². The summed E-state index contributed by atoms with van der Waals surface area (Å²) < 4.78 is 2.09. The lowest BCUT2D eigenvalue weighted by atomic mass is 10.1. The van der Waals surface area contributed by atoms with Crippen molar-refractivity contribution in [2.75, 3.05) is 13.6 Å². The molecule has 1 aromatic rings. The highest BCUT2D eigenvalue weighted by atomic mass is 16.2. The van der Waals surface area contributed by atoms with E-state index < -0.39 is 0 Å². The number of aryl methyl sites for hydroxylation is 1. The molecular formula is C10H14N2O. The van der Waals surface area contributed by atoms with Crippen LogP contribution in [0.1, 0.15) is 18.0 Å². The molecule has 2 rings (SSSR count). The fourth-order valence-corrected chi connectivity index (χ4v) is 1.96. The van der Waals surface area contributed by atoms with Crippen LogP contribution >= 0.6 is 0 Å². The summed E-state index contributed by atoms with van der Waals surface area (Å²) in [6, 6.07) is 4.12. The van der Waals surface area contributed by atoms with Crippen molar-refractivity contribution >= 4 is 5.91 Å². The fraction of sp³-hybridized carbons (Fsp3) is 0.500. The van der Waals surface area contributed by atoms with Crippen LogP contribution in [-0.2, 0) is 11.8 Å². The lowest BCUT2D eigenvalue weighted by molar-refractivity contribution is -0.126. The van der Waals surface area contributed by atoms with E-state index in [1.165, 1.54) is 5.69 Å². The summed E-state index contributed by atoms with van der Waals surface area (Å²) in [6.07, 6.45) is 2.69. The summed E-state index contributed by atoms with van der Waals surface area (Å²) in [5, 5.41) is 0. The normalized spacial score (nSPS) is 22.8. The Hall–Kier alpha value is -1.25. The fourth-order valence-electron chi connectivity index (χ4n) is 1.96. The van der Waals surface area contributed by atoms with E-state index in [0.717, 1.165) is 6.54 Å². The van der Waals surface area contributed by atoms with E-state index in [1.807, 2.05) is 26.4 Å². The number of likely N-dealkylation sites (tertiary alicyclic amines) is 1. The standard InChI is InChI=1S/C10H14N2O/c1-11-5-3-4-9(11)8-6-10(13)12(2)7-8/h3-5,8H,6-7H2,1-2H3. The molecule has 1 unspecified atom stereocenters. The first-order chi connectivity index (χ1) is 6.18. The van der Waals surface area contributed by atoms with E-state index in [0.29, 0.717) is 12.3 Å². The second kappa shape index (κ2) is 2.91. The lowest BCUT2D eigenvalue weighted by Gasteiger charge is -2.10. The Morgan fingerprint density at radius 3 is 2.69 bits per heavy atom. The predicted octanol–water partition coefficient (Wildman–Crippen LogP) is 0.971. The third-order valence-corrected chi connectivity index (χ3v) is 2.74. The van der Waals surface area contributed by atoms with Gasteiger partial charge < -0.3 is 9.47 Å². The van der Waals surface area contributed by atoms with Crippen LogP contribution in [0.25, 0.3) is 0 Å². The lowest BCUT2D eigenvalue weighted by Crippen LogP contribution is -2.18. The highest BCUT2D eigenvalue weighted by Crippen LogP contribution is 2.26. The Morgan fingerprint density at radius 2 is 2.23 bits per heavy atom. The molecule has 2 heterocycles. The van der Waals surface area contributed by atoms with Crippen molar-refractivity contribution in [3.63, 3.8) is 0 Å². The number of amides is 1. The van der Waals surface area contributed by atoms with Crippen molar-refractivity contribution in [1.82, 2.24) is 9.47 Å². The van der Waals surface area contributed by atoms with Gasteiger partial charge in [-0.3, -0.25) is 4.79 Å². The van der Waals surface area contributed by atoms with Crippen LogP contribution in [0, 0.1) is 0 Å². The average Bonchev–Trinajstić information content (AvgIpc) is 2.60. The topological polar surface area (TPSA) is 25.2 Å². The molecule has 0 spiro atoms. The molecule has 0 radical (unpaired) electrons. The molecule has 0 bridgehead atoms. The van der Waals surface area contributed by atoms with Gasteiger partial charge in [-0.2, -0.15) is 0 Å². The minimum absolute atomic E-state index is 0.256. The van der Waals surface area contributed by atoms with E-state index in [2.05, 4.69) is 10.6 Å². The molecule has 0 N–H and O–H groups in total. The molecule has 13 heavy (non-hydrogen) atoms. The molecule has 3 heteroatoms. The second-order valence-electron chi connectivity index (χ2n) is 3.72. The molecule has 1 saturated heterocycles. The Bertz CT molecular complexity index is 329. The first-order valence-corrected chi connectivity index (χ1v) is 4.53. The van der Waals surface area contributed by atoms with Gasteiger partial charge in [0.25, 0.3) is 0 Å². The van der Waals surface area contributed by atoms with Crippen LogP contribution in [0.3, 0.4) is 0 Å². The zero-order chi connectivity index (χ0) is 9.42. The molecule has 1 aromatic heterocycles. The number of rotatable bonds is 1. The van der Waals surface area contributed by atoms with E-state index in [9.17, 15) is 4.79 Å². The Morgan fingerprint density at radius 1 is 1.46 bits per heavy atom. The monoisotopic (exact) mass is 178 g/mol. The molecule has 0 aromatic carbocycles. The second-order valence-corrected chi connectivity index (χ2v) is 3.72. The first kappa shape index (κ1) is 8.35. The third kappa shape index (κ3) is 1.34. The molecule has 3 nitrogen and oxygen atoms in total. The summed E-state index contributed by atoms with van der Waals surface area (Å²) in [5.74, 6) is 0.642. The van der Waals surface area contributed by atoms with Gasteiger partial charge in [-0.15, -0.1) is 0 Å². The van der Waals surface area contributed by atoms with Gasteiger partial charge in [-0.05, 0) is 12.1 Å². The molecule has 1 aliphatic heterocycles. The maximum atomic E-state index is 11.3. The molecule has 70 valence electrons. The largest absolute Gasteiger partial charge is 0.354 e. The number of hydrogen-bond acceptors (Lipinski definition) is 1. The molecule has 1 aliphatic rings. The number of aromatic nitrogens is 1. The van der Waals surface area contributed by atoms with E-state index >= 15 is 0 Å². The zero-order valence-corrected chi connectivity index (χ0v) is 8.03. The van der Waals surface area contributed by atoms with Gasteiger partial charge in [0.1, 0.15) is 0 Å². The molecule has 1 fully saturated rings. The van der Waals surface area contributed by atoms with E-state index in [-0.39, 0.29) is 5.91 Å². The molecule has 1 atom stereocenters. The van der Waals surface area contributed by atoms with E-state index in [1.54, 1.807) is 4.90 Å². The molecular weight excluding hydrogens is 164 g/mol. The molecule has 0 saturated carbocycles. The van der Waals surface area contributed by atoms with Crippen molar-refractivity contribution < 1.29 is 4.79 Å².